The first-order chi connectivity index (χ1) is 10.4. The average Bonchev–Trinajstić information content (AvgIpc) is 2.50. The molecular formula is C16H14FN3OS. The maximum Gasteiger partial charge on any atom is 0.268 e. The van der Waals surface area contributed by atoms with E-state index in [0.29, 0.717) is 16.2 Å². The third-order valence-corrected chi connectivity index (χ3v) is 3.78. The van der Waals surface area contributed by atoms with E-state index in [1.807, 2.05) is 13.0 Å². The molecule has 0 aliphatic rings. The number of thiocarbonyl (C=S) groups is 1. The molecule has 0 aliphatic heterocycles. The standard InChI is InChI=1S/C16H14FN3OS/c1-10(15(19)22)9-20-14(7-4-12(8-18)16(20)21)11-2-5-13(17)6-3-11/h2-7,10H,9H2,1H3,(H2,19,22). The lowest BCUT2D eigenvalue weighted by Gasteiger charge is -2.17. The van der Waals surface area contributed by atoms with E-state index in [9.17, 15) is 9.18 Å². The van der Waals surface area contributed by atoms with E-state index in [-0.39, 0.29) is 23.8 Å². The lowest BCUT2D eigenvalue weighted by atomic mass is 10.1. The zero-order valence-electron chi connectivity index (χ0n) is 11.9. The van der Waals surface area contributed by atoms with E-state index in [4.69, 9.17) is 23.2 Å². The van der Waals surface area contributed by atoms with Gasteiger partial charge in [-0.3, -0.25) is 4.79 Å². The van der Waals surface area contributed by atoms with Crippen LogP contribution in [-0.2, 0) is 6.54 Å². The Bertz CT molecular complexity index is 806. The maximum atomic E-state index is 13.1. The summed E-state index contributed by atoms with van der Waals surface area (Å²) in [5, 5.41) is 9.02. The molecule has 4 nitrogen and oxygen atoms in total. The van der Waals surface area contributed by atoms with Crippen LogP contribution in [0.3, 0.4) is 0 Å². The van der Waals surface area contributed by atoms with Gasteiger partial charge in [0.2, 0.25) is 0 Å². The van der Waals surface area contributed by atoms with Crippen LogP contribution in [0.4, 0.5) is 4.39 Å². The van der Waals surface area contributed by atoms with Crippen LogP contribution in [0.2, 0.25) is 0 Å². The van der Waals surface area contributed by atoms with Crippen LogP contribution >= 0.6 is 12.2 Å². The molecular weight excluding hydrogens is 301 g/mol. The van der Waals surface area contributed by atoms with Gasteiger partial charge in [0, 0.05) is 12.5 Å². The Balaban J connectivity index is 2.61. The number of nitrogens with zero attached hydrogens (tertiary/aromatic N) is 2. The minimum atomic E-state index is -0.410. The Kier molecular flexibility index (Phi) is 4.68. The summed E-state index contributed by atoms with van der Waals surface area (Å²) >= 11 is 4.95. The molecule has 1 unspecified atom stereocenters. The van der Waals surface area contributed by atoms with Gasteiger partial charge in [0.05, 0.1) is 10.7 Å². The molecule has 0 aliphatic carbocycles. The first kappa shape index (κ1) is 15.9. The van der Waals surface area contributed by atoms with Crippen LogP contribution in [0, 0.1) is 23.1 Å². The van der Waals surface area contributed by atoms with E-state index in [1.54, 1.807) is 18.2 Å². The molecule has 0 saturated carbocycles. The average molecular weight is 315 g/mol. The van der Waals surface area contributed by atoms with E-state index in [1.165, 1.54) is 22.8 Å². The number of hydrogen-bond donors (Lipinski definition) is 1. The lowest BCUT2D eigenvalue weighted by molar-refractivity contribution is 0.585. The molecule has 112 valence electrons. The van der Waals surface area contributed by atoms with Gasteiger partial charge in [-0.05, 0) is 42.0 Å². The van der Waals surface area contributed by atoms with Gasteiger partial charge in [0.15, 0.2) is 0 Å². The van der Waals surface area contributed by atoms with Crippen LogP contribution in [0.15, 0.2) is 41.2 Å². The second-order valence-corrected chi connectivity index (χ2v) is 5.44. The van der Waals surface area contributed by atoms with Crippen molar-refractivity contribution < 1.29 is 4.39 Å². The molecule has 2 aromatic rings. The van der Waals surface area contributed by atoms with Crippen molar-refractivity contribution in [3.8, 4) is 17.3 Å². The highest BCUT2D eigenvalue weighted by Gasteiger charge is 2.14. The van der Waals surface area contributed by atoms with E-state index >= 15 is 0 Å². The summed E-state index contributed by atoms with van der Waals surface area (Å²) in [5.41, 5.74) is 6.52. The Hall–Kier alpha value is -2.52. The number of nitriles is 1. The highest BCUT2D eigenvalue weighted by molar-refractivity contribution is 7.80. The monoisotopic (exact) mass is 315 g/mol. The molecule has 1 aromatic heterocycles. The molecule has 1 atom stereocenters. The third kappa shape index (κ3) is 3.21. The minimum absolute atomic E-state index is 0.0426. The van der Waals surface area contributed by atoms with E-state index < -0.39 is 5.56 Å². The quantitative estimate of drug-likeness (QED) is 0.880. The summed E-state index contributed by atoms with van der Waals surface area (Å²) < 4.78 is 14.5. The topological polar surface area (TPSA) is 71.8 Å². The van der Waals surface area contributed by atoms with Gasteiger partial charge in [-0.15, -0.1) is 0 Å². The summed E-state index contributed by atoms with van der Waals surface area (Å²) in [7, 11) is 0. The minimum Gasteiger partial charge on any atom is -0.393 e. The number of halogens is 1. The van der Waals surface area contributed by atoms with E-state index in [0.717, 1.165) is 0 Å². The number of aromatic nitrogens is 1. The molecule has 0 amide bonds. The first-order valence-corrected chi connectivity index (χ1v) is 7.04. The zero-order chi connectivity index (χ0) is 16.3. The van der Waals surface area contributed by atoms with Gasteiger partial charge >= 0.3 is 0 Å². The number of benzene rings is 1. The summed E-state index contributed by atoms with van der Waals surface area (Å²) in [4.78, 5) is 12.7. The van der Waals surface area contributed by atoms with Crippen LogP contribution in [0.25, 0.3) is 11.3 Å². The normalized spacial score (nSPS) is 11.7. The molecule has 0 saturated heterocycles. The molecule has 2 rings (SSSR count). The second kappa shape index (κ2) is 6.50. The van der Waals surface area contributed by atoms with Gasteiger partial charge in [-0.2, -0.15) is 5.26 Å². The Morgan fingerprint density at radius 3 is 2.55 bits per heavy atom. The maximum absolute atomic E-state index is 13.1. The fourth-order valence-electron chi connectivity index (χ4n) is 2.08. The summed E-state index contributed by atoms with van der Waals surface area (Å²) in [5.74, 6) is -0.566. The molecule has 0 spiro atoms. The van der Waals surface area contributed by atoms with Crippen molar-refractivity contribution in [2.45, 2.75) is 13.5 Å². The predicted molar refractivity (Wildman–Crippen MR) is 86.8 cm³/mol. The highest BCUT2D eigenvalue weighted by atomic mass is 32.1. The van der Waals surface area contributed by atoms with Gasteiger partial charge < -0.3 is 10.3 Å². The smallest absolute Gasteiger partial charge is 0.268 e. The fraction of sp³-hybridized carbons (Fsp3) is 0.188. The largest absolute Gasteiger partial charge is 0.393 e. The van der Waals surface area contributed by atoms with Crippen molar-refractivity contribution in [2.75, 3.05) is 0 Å². The molecule has 0 bridgehead atoms. The molecule has 22 heavy (non-hydrogen) atoms. The molecule has 6 heteroatoms. The van der Waals surface area contributed by atoms with Gasteiger partial charge in [-0.1, -0.05) is 19.1 Å². The van der Waals surface area contributed by atoms with Crippen molar-refractivity contribution >= 4 is 17.2 Å². The Morgan fingerprint density at radius 2 is 2.00 bits per heavy atom. The molecule has 2 N–H and O–H groups in total. The van der Waals surface area contributed by atoms with Gasteiger partial charge in [-0.25, -0.2) is 4.39 Å². The van der Waals surface area contributed by atoms with Crippen molar-refractivity contribution in [2.24, 2.45) is 11.7 Å². The summed E-state index contributed by atoms with van der Waals surface area (Å²) in [6.45, 7) is 2.07. The van der Waals surface area contributed by atoms with Crippen molar-refractivity contribution in [3.05, 3.63) is 58.1 Å². The van der Waals surface area contributed by atoms with Crippen LogP contribution in [0.1, 0.15) is 12.5 Å². The van der Waals surface area contributed by atoms with E-state index in [2.05, 4.69) is 0 Å². The summed E-state index contributed by atoms with van der Waals surface area (Å²) in [6, 6.07) is 10.8. The number of nitrogens with two attached hydrogens (primary N) is 1. The Morgan fingerprint density at radius 1 is 1.36 bits per heavy atom. The van der Waals surface area contributed by atoms with Crippen LogP contribution in [0.5, 0.6) is 0 Å². The molecule has 0 fully saturated rings. The fourth-order valence-corrected chi connectivity index (χ4v) is 2.16. The summed E-state index contributed by atoms with van der Waals surface area (Å²) in [6.07, 6.45) is 0. The SMILES string of the molecule is CC(Cn1c(-c2ccc(F)cc2)ccc(C#N)c1=O)C(N)=S. The second-order valence-electron chi connectivity index (χ2n) is 4.97. The zero-order valence-corrected chi connectivity index (χ0v) is 12.7. The molecule has 0 radical (unpaired) electrons. The number of rotatable bonds is 4. The molecule has 1 heterocycles. The first-order valence-electron chi connectivity index (χ1n) is 6.63. The predicted octanol–water partition coefficient (Wildman–Crippen LogP) is 2.45. The van der Waals surface area contributed by atoms with Crippen LogP contribution < -0.4 is 11.3 Å². The molecule has 1 aromatic carbocycles. The Labute approximate surface area is 132 Å². The van der Waals surface area contributed by atoms with Crippen molar-refractivity contribution in [3.63, 3.8) is 0 Å². The number of pyridine rings is 1. The van der Waals surface area contributed by atoms with Gasteiger partial charge in [0.1, 0.15) is 17.4 Å². The highest BCUT2D eigenvalue weighted by Crippen LogP contribution is 2.20. The van der Waals surface area contributed by atoms with Crippen LogP contribution in [-0.4, -0.2) is 9.56 Å². The third-order valence-electron chi connectivity index (χ3n) is 3.38. The van der Waals surface area contributed by atoms with Crippen molar-refractivity contribution in [1.29, 1.82) is 5.26 Å². The van der Waals surface area contributed by atoms with Gasteiger partial charge in [0.25, 0.3) is 5.56 Å². The lowest BCUT2D eigenvalue weighted by Crippen LogP contribution is -2.31. The number of hydrogen-bond acceptors (Lipinski definition) is 3. The van der Waals surface area contributed by atoms with Crippen molar-refractivity contribution in [1.82, 2.24) is 4.57 Å².